The summed E-state index contributed by atoms with van der Waals surface area (Å²) in [5, 5.41) is 5.63. The normalized spacial score (nSPS) is 10.6. The summed E-state index contributed by atoms with van der Waals surface area (Å²) in [5.41, 5.74) is 6.31. The number of amides is 1. The Hall–Kier alpha value is -1.67. The fourth-order valence-corrected chi connectivity index (χ4v) is 2.60. The lowest BCUT2D eigenvalue weighted by molar-refractivity contribution is 0.102. The predicted octanol–water partition coefficient (Wildman–Crippen LogP) is 2.92. The Balaban J connectivity index is 2.07. The Kier molecular flexibility index (Phi) is 6.79. The smallest absolute Gasteiger partial charge is 0.275 e. The molecule has 0 aliphatic heterocycles. The lowest BCUT2D eigenvalue weighted by Crippen LogP contribution is -2.14. The molecule has 0 unspecified atom stereocenters. The standard InChI is InChI=1S/C15H18ClN3O3S/c1-2-21-5-6-22-13-4-3-10(16)7-11(13)19-15(20)12-9-23-14(8-17)18-12/h3-4,7,9H,2,5-6,8,17H2,1H3,(H,19,20). The first-order valence-corrected chi connectivity index (χ1v) is 8.35. The third kappa shape index (κ3) is 5.18. The van der Waals surface area contributed by atoms with E-state index < -0.39 is 0 Å². The van der Waals surface area contributed by atoms with E-state index in [4.69, 9.17) is 26.8 Å². The van der Waals surface area contributed by atoms with Gasteiger partial charge in [0.1, 0.15) is 23.1 Å². The minimum absolute atomic E-state index is 0.306. The van der Waals surface area contributed by atoms with Gasteiger partial charge < -0.3 is 20.5 Å². The Morgan fingerprint density at radius 1 is 1.43 bits per heavy atom. The Bertz CT molecular complexity index is 663. The number of aromatic nitrogens is 1. The molecule has 0 atom stereocenters. The van der Waals surface area contributed by atoms with E-state index >= 15 is 0 Å². The summed E-state index contributed by atoms with van der Waals surface area (Å²) in [6.07, 6.45) is 0. The van der Waals surface area contributed by atoms with Crippen molar-refractivity contribution < 1.29 is 14.3 Å². The zero-order chi connectivity index (χ0) is 16.7. The molecule has 2 rings (SSSR count). The van der Waals surface area contributed by atoms with Gasteiger partial charge in [-0.15, -0.1) is 11.3 Å². The summed E-state index contributed by atoms with van der Waals surface area (Å²) in [6.45, 7) is 3.70. The van der Waals surface area contributed by atoms with Gasteiger partial charge in [-0.05, 0) is 25.1 Å². The maximum atomic E-state index is 12.3. The van der Waals surface area contributed by atoms with Gasteiger partial charge in [0.25, 0.3) is 5.91 Å². The topological polar surface area (TPSA) is 86.5 Å². The van der Waals surface area contributed by atoms with Crippen LogP contribution in [0.1, 0.15) is 22.4 Å². The first-order chi connectivity index (χ1) is 11.1. The van der Waals surface area contributed by atoms with Crippen molar-refractivity contribution in [3.8, 4) is 5.75 Å². The molecule has 1 aromatic carbocycles. The molecular formula is C15H18ClN3O3S. The van der Waals surface area contributed by atoms with Crippen LogP contribution in [-0.4, -0.2) is 30.7 Å². The number of thiazole rings is 1. The zero-order valence-electron chi connectivity index (χ0n) is 12.7. The van der Waals surface area contributed by atoms with Crippen molar-refractivity contribution in [2.45, 2.75) is 13.5 Å². The number of nitrogens with zero attached hydrogens (tertiary/aromatic N) is 1. The summed E-state index contributed by atoms with van der Waals surface area (Å²) in [6, 6.07) is 5.03. The highest BCUT2D eigenvalue weighted by atomic mass is 35.5. The molecule has 0 spiro atoms. The van der Waals surface area contributed by atoms with Crippen LogP contribution in [0.4, 0.5) is 5.69 Å². The van der Waals surface area contributed by atoms with Gasteiger partial charge in [0.05, 0.1) is 12.3 Å². The van der Waals surface area contributed by atoms with E-state index in [2.05, 4.69) is 10.3 Å². The highest BCUT2D eigenvalue weighted by Crippen LogP contribution is 2.28. The molecule has 0 fully saturated rings. The van der Waals surface area contributed by atoms with Crippen molar-refractivity contribution in [2.75, 3.05) is 25.1 Å². The van der Waals surface area contributed by atoms with E-state index in [-0.39, 0.29) is 5.91 Å². The molecule has 0 bridgehead atoms. The van der Waals surface area contributed by atoms with Crippen LogP contribution in [0.2, 0.25) is 5.02 Å². The molecule has 0 aliphatic rings. The number of nitrogens with one attached hydrogen (secondary N) is 1. The van der Waals surface area contributed by atoms with E-state index in [1.54, 1.807) is 23.6 Å². The van der Waals surface area contributed by atoms with Gasteiger partial charge in [-0.3, -0.25) is 4.79 Å². The second kappa shape index (κ2) is 8.83. The SMILES string of the molecule is CCOCCOc1ccc(Cl)cc1NC(=O)c1csc(CN)n1. The summed E-state index contributed by atoms with van der Waals surface area (Å²) in [7, 11) is 0. The van der Waals surface area contributed by atoms with Crippen LogP contribution in [0.3, 0.4) is 0 Å². The summed E-state index contributed by atoms with van der Waals surface area (Å²) >= 11 is 7.34. The Labute approximate surface area is 143 Å². The van der Waals surface area contributed by atoms with Crippen molar-refractivity contribution in [3.05, 3.63) is 39.3 Å². The maximum Gasteiger partial charge on any atom is 0.275 e. The molecule has 2 aromatic rings. The zero-order valence-corrected chi connectivity index (χ0v) is 14.2. The molecule has 1 amide bonds. The van der Waals surface area contributed by atoms with Crippen LogP contribution in [0, 0.1) is 0 Å². The van der Waals surface area contributed by atoms with Gasteiger partial charge in [0, 0.05) is 23.6 Å². The van der Waals surface area contributed by atoms with E-state index in [1.165, 1.54) is 11.3 Å². The van der Waals surface area contributed by atoms with Gasteiger partial charge in [-0.1, -0.05) is 11.6 Å². The molecule has 0 saturated heterocycles. The average Bonchev–Trinajstić information content (AvgIpc) is 3.02. The largest absolute Gasteiger partial charge is 0.489 e. The van der Waals surface area contributed by atoms with Crippen LogP contribution < -0.4 is 15.8 Å². The highest BCUT2D eigenvalue weighted by Gasteiger charge is 2.14. The molecule has 124 valence electrons. The van der Waals surface area contributed by atoms with Crippen molar-refractivity contribution >= 4 is 34.5 Å². The van der Waals surface area contributed by atoms with Gasteiger partial charge in [-0.25, -0.2) is 4.98 Å². The maximum absolute atomic E-state index is 12.3. The lowest BCUT2D eigenvalue weighted by atomic mass is 10.3. The highest BCUT2D eigenvalue weighted by molar-refractivity contribution is 7.09. The average molecular weight is 356 g/mol. The number of benzene rings is 1. The van der Waals surface area contributed by atoms with E-state index in [9.17, 15) is 4.79 Å². The van der Waals surface area contributed by atoms with Crippen LogP contribution in [0.5, 0.6) is 5.75 Å². The fraction of sp³-hybridized carbons (Fsp3) is 0.333. The van der Waals surface area contributed by atoms with E-state index in [1.807, 2.05) is 6.92 Å². The number of hydrogen-bond acceptors (Lipinski definition) is 6. The molecule has 1 heterocycles. The molecule has 3 N–H and O–H groups in total. The molecule has 0 radical (unpaired) electrons. The van der Waals surface area contributed by atoms with Crippen LogP contribution in [0.15, 0.2) is 23.6 Å². The molecule has 0 saturated carbocycles. The number of carbonyl (C=O) groups is 1. The summed E-state index contributed by atoms with van der Waals surface area (Å²) in [5.74, 6) is 0.189. The van der Waals surface area contributed by atoms with Crippen molar-refractivity contribution in [3.63, 3.8) is 0 Å². The molecule has 1 aromatic heterocycles. The molecular weight excluding hydrogens is 338 g/mol. The van der Waals surface area contributed by atoms with Crippen LogP contribution in [0.25, 0.3) is 0 Å². The number of halogens is 1. The number of hydrogen-bond donors (Lipinski definition) is 2. The predicted molar refractivity (Wildman–Crippen MR) is 91.4 cm³/mol. The summed E-state index contributed by atoms with van der Waals surface area (Å²) < 4.78 is 10.8. The number of carbonyl (C=O) groups excluding carboxylic acids is 1. The summed E-state index contributed by atoms with van der Waals surface area (Å²) in [4.78, 5) is 16.4. The van der Waals surface area contributed by atoms with Gasteiger partial charge >= 0.3 is 0 Å². The lowest BCUT2D eigenvalue weighted by Gasteiger charge is -2.12. The van der Waals surface area contributed by atoms with Gasteiger partial charge in [0.2, 0.25) is 0 Å². The van der Waals surface area contributed by atoms with Gasteiger partial charge in [-0.2, -0.15) is 0 Å². The number of rotatable bonds is 8. The third-order valence-corrected chi connectivity index (χ3v) is 3.94. The van der Waals surface area contributed by atoms with E-state index in [0.29, 0.717) is 53.5 Å². The van der Waals surface area contributed by atoms with Crippen molar-refractivity contribution in [1.82, 2.24) is 4.98 Å². The number of ether oxygens (including phenoxy) is 2. The molecule has 8 heteroatoms. The van der Waals surface area contributed by atoms with Crippen LogP contribution in [-0.2, 0) is 11.3 Å². The Morgan fingerprint density at radius 2 is 2.26 bits per heavy atom. The van der Waals surface area contributed by atoms with Gasteiger partial charge in [0.15, 0.2) is 0 Å². The minimum atomic E-state index is -0.335. The second-order valence-corrected chi connectivity index (χ2v) is 5.85. The Morgan fingerprint density at radius 3 is 2.96 bits per heavy atom. The van der Waals surface area contributed by atoms with E-state index in [0.717, 1.165) is 0 Å². The number of nitrogens with two attached hydrogens (primary N) is 1. The number of anilines is 1. The molecule has 0 aliphatic carbocycles. The van der Waals surface area contributed by atoms with Crippen molar-refractivity contribution in [2.24, 2.45) is 5.73 Å². The quantitative estimate of drug-likeness (QED) is 0.711. The minimum Gasteiger partial charge on any atom is -0.489 e. The first kappa shape index (κ1) is 17.7. The fourth-order valence-electron chi connectivity index (χ4n) is 1.78. The van der Waals surface area contributed by atoms with Crippen molar-refractivity contribution in [1.29, 1.82) is 0 Å². The second-order valence-electron chi connectivity index (χ2n) is 4.47. The first-order valence-electron chi connectivity index (χ1n) is 7.10. The molecule has 23 heavy (non-hydrogen) atoms. The monoisotopic (exact) mass is 355 g/mol. The third-order valence-electron chi connectivity index (χ3n) is 2.84. The molecule has 6 nitrogen and oxygen atoms in total. The van der Waals surface area contributed by atoms with Crippen LogP contribution >= 0.6 is 22.9 Å².